The zero-order valence-electron chi connectivity index (χ0n) is 11.9. The van der Waals surface area contributed by atoms with E-state index in [-0.39, 0.29) is 5.60 Å². The molecule has 1 aromatic carbocycles. The summed E-state index contributed by atoms with van der Waals surface area (Å²) in [6, 6.07) is 7.90. The van der Waals surface area contributed by atoms with Crippen molar-refractivity contribution in [2.45, 2.75) is 37.3 Å². The van der Waals surface area contributed by atoms with E-state index in [2.05, 4.69) is 11.4 Å². The number of benzene rings is 1. The molecule has 2 fully saturated rings. The van der Waals surface area contributed by atoms with E-state index in [1.54, 1.807) is 12.1 Å². The van der Waals surface area contributed by atoms with E-state index in [9.17, 15) is 0 Å². The van der Waals surface area contributed by atoms with Gasteiger partial charge in [-0.1, -0.05) is 11.6 Å². The molecule has 3 nitrogen and oxygen atoms in total. The van der Waals surface area contributed by atoms with Crippen molar-refractivity contribution in [3.05, 3.63) is 28.8 Å². The minimum absolute atomic E-state index is 0.0560. The summed E-state index contributed by atoms with van der Waals surface area (Å²) >= 11 is 8.26. The number of hydrogen-bond donors (Lipinski definition) is 1. The molecule has 0 bridgehead atoms. The molecule has 0 amide bonds. The summed E-state index contributed by atoms with van der Waals surface area (Å²) in [4.78, 5) is 0. The summed E-state index contributed by atoms with van der Waals surface area (Å²) in [6.07, 6.45) is 4.30. The van der Waals surface area contributed by atoms with Crippen LogP contribution in [-0.4, -0.2) is 29.8 Å². The van der Waals surface area contributed by atoms with Crippen molar-refractivity contribution in [1.29, 1.82) is 5.26 Å². The zero-order chi connectivity index (χ0) is 14.7. The smallest absolute Gasteiger partial charge is 0.0992 e. The average Bonchev–Trinajstić information content (AvgIpc) is 2.50. The first-order valence-electron chi connectivity index (χ1n) is 7.39. The lowest BCUT2D eigenvalue weighted by molar-refractivity contribution is -0.0865. The number of nitrogens with one attached hydrogen (secondary N) is 1. The first-order valence-corrected chi connectivity index (χ1v) is 8.92. The van der Waals surface area contributed by atoms with Crippen LogP contribution in [-0.2, 0) is 4.74 Å². The molecule has 2 aliphatic heterocycles. The summed E-state index contributed by atoms with van der Waals surface area (Å²) in [5, 5.41) is 13.2. The normalized spacial score (nSPS) is 24.5. The lowest BCUT2D eigenvalue weighted by Gasteiger charge is -2.43. The van der Waals surface area contributed by atoms with Crippen molar-refractivity contribution in [3.63, 3.8) is 0 Å². The number of nitriles is 1. The number of nitrogens with zero attached hydrogens (tertiary/aromatic N) is 1. The Kier molecular flexibility index (Phi) is 4.63. The molecule has 0 aliphatic carbocycles. The Morgan fingerprint density at radius 2 is 2.19 bits per heavy atom. The quantitative estimate of drug-likeness (QED) is 0.891. The molecular formula is C16H19ClN2OS. The van der Waals surface area contributed by atoms with E-state index >= 15 is 0 Å². The Labute approximate surface area is 135 Å². The molecule has 0 radical (unpaired) electrons. The van der Waals surface area contributed by atoms with Crippen LogP contribution < -0.4 is 5.32 Å². The SMILES string of the molecule is N#Cc1ccc(Cl)c(NC2CCOC3(CCSCC3)C2)c1. The van der Waals surface area contributed by atoms with E-state index in [4.69, 9.17) is 21.6 Å². The van der Waals surface area contributed by atoms with E-state index < -0.39 is 0 Å². The highest BCUT2D eigenvalue weighted by Crippen LogP contribution is 2.38. The van der Waals surface area contributed by atoms with Gasteiger partial charge in [-0.2, -0.15) is 17.0 Å². The molecule has 2 saturated heterocycles. The topological polar surface area (TPSA) is 45.0 Å². The molecular weight excluding hydrogens is 304 g/mol. The second-order valence-corrected chi connectivity index (χ2v) is 7.42. The molecule has 2 heterocycles. The van der Waals surface area contributed by atoms with E-state index in [1.807, 2.05) is 17.8 Å². The molecule has 21 heavy (non-hydrogen) atoms. The van der Waals surface area contributed by atoms with Crippen molar-refractivity contribution in [3.8, 4) is 6.07 Å². The molecule has 1 spiro atoms. The molecule has 2 aliphatic rings. The Balaban J connectivity index is 1.71. The molecule has 0 saturated carbocycles. The van der Waals surface area contributed by atoms with Gasteiger partial charge in [0.05, 0.1) is 27.9 Å². The van der Waals surface area contributed by atoms with Gasteiger partial charge >= 0.3 is 0 Å². The summed E-state index contributed by atoms with van der Waals surface area (Å²) in [7, 11) is 0. The average molecular weight is 323 g/mol. The Morgan fingerprint density at radius 3 is 2.95 bits per heavy atom. The van der Waals surface area contributed by atoms with Crippen molar-refractivity contribution >= 4 is 29.1 Å². The number of rotatable bonds is 2. The van der Waals surface area contributed by atoms with Crippen LogP contribution in [0.1, 0.15) is 31.2 Å². The second kappa shape index (κ2) is 6.48. The third-order valence-corrected chi connectivity index (χ3v) is 5.67. The fourth-order valence-electron chi connectivity index (χ4n) is 3.17. The summed E-state index contributed by atoms with van der Waals surface area (Å²) in [5.74, 6) is 2.38. The van der Waals surface area contributed by atoms with Gasteiger partial charge in [0, 0.05) is 12.6 Å². The van der Waals surface area contributed by atoms with E-state index in [0.29, 0.717) is 16.6 Å². The maximum Gasteiger partial charge on any atom is 0.0992 e. The number of anilines is 1. The molecule has 112 valence electrons. The Hall–Kier alpha value is -0.890. The van der Waals surface area contributed by atoms with E-state index in [0.717, 1.165) is 38.0 Å². The van der Waals surface area contributed by atoms with Crippen molar-refractivity contribution in [1.82, 2.24) is 0 Å². The van der Waals surface area contributed by atoms with Gasteiger partial charge in [0.2, 0.25) is 0 Å². The first-order chi connectivity index (χ1) is 10.2. The van der Waals surface area contributed by atoms with Crippen LogP contribution in [0.5, 0.6) is 0 Å². The molecule has 3 rings (SSSR count). The number of halogens is 1. The van der Waals surface area contributed by atoms with Crippen molar-refractivity contribution < 1.29 is 4.74 Å². The molecule has 1 aromatic rings. The monoisotopic (exact) mass is 322 g/mol. The number of thioether (sulfide) groups is 1. The lowest BCUT2D eigenvalue weighted by Crippen LogP contribution is -2.46. The van der Waals surface area contributed by atoms with Gasteiger partial charge in [-0.3, -0.25) is 0 Å². The predicted molar refractivity (Wildman–Crippen MR) is 88.1 cm³/mol. The molecule has 0 aromatic heterocycles. The highest BCUT2D eigenvalue weighted by molar-refractivity contribution is 7.99. The highest BCUT2D eigenvalue weighted by Gasteiger charge is 2.38. The van der Waals surface area contributed by atoms with Crippen LogP contribution in [0.4, 0.5) is 5.69 Å². The highest BCUT2D eigenvalue weighted by atomic mass is 35.5. The molecule has 1 N–H and O–H groups in total. The fraction of sp³-hybridized carbons (Fsp3) is 0.562. The third-order valence-electron chi connectivity index (χ3n) is 4.35. The van der Waals surface area contributed by atoms with Crippen LogP contribution in [0.2, 0.25) is 5.02 Å². The minimum Gasteiger partial charge on any atom is -0.381 e. The molecule has 1 unspecified atom stereocenters. The lowest BCUT2D eigenvalue weighted by atomic mass is 9.85. The summed E-state index contributed by atoms with van der Waals surface area (Å²) in [5.41, 5.74) is 1.56. The van der Waals surface area contributed by atoms with Gasteiger partial charge in [-0.25, -0.2) is 0 Å². The van der Waals surface area contributed by atoms with Crippen molar-refractivity contribution in [2.24, 2.45) is 0 Å². The first kappa shape index (κ1) is 15.0. The van der Waals surface area contributed by atoms with Crippen LogP contribution in [0.15, 0.2) is 18.2 Å². The second-order valence-electron chi connectivity index (χ2n) is 5.78. The van der Waals surface area contributed by atoms with Crippen LogP contribution >= 0.6 is 23.4 Å². The van der Waals surface area contributed by atoms with E-state index in [1.165, 1.54) is 11.5 Å². The van der Waals surface area contributed by atoms with Gasteiger partial charge in [-0.15, -0.1) is 0 Å². The van der Waals surface area contributed by atoms with Gasteiger partial charge < -0.3 is 10.1 Å². The van der Waals surface area contributed by atoms with Gasteiger partial charge in [0.25, 0.3) is 0 Å². The fourth-order valence-corrected chi connectivity index (χ4v) is 4.58. The van der Waals surface area contributed by atoms with Gasteiger partial charge in [0.1, 0.15) is 0 Å². The zero-order valence-corrected chi connectivity index (χ0v) is 13.5. The van der Waals surface area contributed by atoms with Crippen LogP contribution in [0.25, 0.3) is 0 Å². The van der Waals surface area contributed by atoms with Crippen molar-refractivity contribution in [2.75, 3.05) is 23.4 Å². The number of ether oxygens (including phenoxy) is 1. The maximum atomic E-state index is 9.01. The van der Waals surface area contributed by atoms with Gasteiger partial charge in [0.15, 0.2) is 0 Å². The Bertz CT molecular complexity index is 546. The third kappa shape index (κ3) is 3.48. The summed E-state index contributed by atoms with van der Waals surface area (Å²) < 4.78 is 6.11. The maximum absolute atomic E-state index is 9.01. The minimum atomic E-state index is 0.0560. The molecule has 5 heteroatoms. The van der Waals surface area contributed by atoms with Gasteiger partial charge in [-0.05, 0) is 55.4 Å². The molecule has 1 atom stereocenters. The van der Waals surface area contributed by atoms with Crippen LogP contribution in [0, 0.1) is 11.3 Å². The largest absolute Gasteiger partial charge is 0.381 e. The standard InChI is InChI=1S/C16H19ClN2OS/c17-14-2-1-12(11-18)9-15(14)19-13-3-6-20-16(10-13)4-7-21-8-5-16/h1-2,9,13,19H,3-8,10H2. The summed E-state index contributed by atoms with van der Waals surface area (Å²) in [6.45, 7) is 0.803. The predicted octanol–water partition coefficient (Wildman–Crippen LogP) is 4.07. The van der Waals surface area contributed by atoms with Crippen LogP contribution in [0.3, 0.4) is 0 Å². The number of hydrogen-bond acceptors (Lipinski definition) is 4. The Morgan fingerprint density at radius 1 is 1.38 bits per heavy atom.